The molecule has 3 nitrogen and oxygen atoms in total. The van der Waals surface area contributed by atoms with Crippen molar-refractivity contribution in [2.24, 2.45) is 4.03 Å². The summed E-state index contributed by atoms with van der Waals surface area (Å²) in [6.45, 7) is 6.10. The summed E-state index contributed by atoms with van der Waals surface area (Å²) in [4.78, 5) is 7.93. The van der Waals surface area contributed by atoms with Crippen LogP contribution in [-0.2, 0) is 21.7 Å². The van der Waals surface area contributed by atoms with E-state index < -0.39 is 0 Å². The Hall–Kier alpha value is -1.41. The van der Waals surface area contributed by atoms with Gasteiger partial charge in [-0.15, -0.1) is 0 Å². The summed E-state index contributed by atoms with van der Waals surface area (Å²) in [7, 11) is 0. The molecule has 0 bridgehead atoms. The molecular formula is C14H17N3Ni. The van der Waals surface area contributed by atoms with Gasteiger partial charge < -0.3 is 0 Å². The molecule has 1 aromatic carbocycles. The molecule has 0 aliphatic heterocycles. The second kappa shape index (κ2) is 7.83. The van der Waals surface area contributed by atoms with Crippen LogP contribution >= 0.6 is 0 Å². The first-order valence-corrected chi connectivity index (χ1v) is 6.23. The van der Waals surface area contributed by atoms with Gasteiger partial charge in [-0.05, 0) is 6.42 Å². The summed E-state index contributed by atoms with van der Waals surface area (Å²) in [5.74, 6) is 0. The third-order valence-corrected chi connectivity index (χ3v) is 2.71. The average Bonchev–Trinajstić information content (AvgIpc) is 2.41. The van der Waals surface area contributed by atoms with Gasteiger partial charge in [0.25, 0.3) is 0 Å². The van der Waals surface area contributed by atoms with E-state index in [0.29, 0.717) is 0 Å². The Labute approximate surface area is 116 Å². The van der Waals surface area contributed by atoms with Gasteiger partial charge in [0.2, 0.25) is 0 Å². The zero-order chi connectivity index (χ0) is 13.4. The van der Waals surface area contributed by atoms with Crippen LogP contribution in [0.3, 0.4) is 0 Å². The third-order valence-electron chi connectivity index (χ3n) is 2.49. The molecule has 1 aromatic heterocycles. The fourth-order valence-electron chi connectivity index (χ4n) is 1.43. The third kappa shape index (κ3) is 4.46. The second-order valence-corrected chi connectivity index (χ2v) is 4.08. The number of aromatic nitrogens is 2. The summed E-state index contributed by atoms with van der Waals surface area (Å²) < 4.78 is 3.79. The quantitative estimate of drug-likeness (QED) is 0.789. The molecule has 0 spiro atoms. The van der Waals surface area contributed by atoms with Crippen LogP contribution in [0.1, 0.15) is 23.7 Å². The molecule has 0 atom stereocenters. The summed E-state index contributed by atoms with van der Waals surface area (Å²) in [5.41, 5.74) is 4.33. The van der Waals surface area contributed by atoms with Gasteiger partial charge in [-0.2, -0.15) is 0 Å². The van der Waals surface area contributed by atoms with E-state index >= 15 is 0 Å². The summed E-state index contributed by atoms with van der Waals surface area (Å²) in [6, 6.07) is 6.05. The van der Waals surface area contributed by atoms with Gasteiger partial charge in [0, 0.05) is 18.6 Å². The van der Waals surface area contributed by atoms with Crippen molar-refractivity contribution < 1.29 is 15.3 Å². The molecule has 1 heterocycles. The van der Waals surface area contributed by atoms with Crippen molar-refractivity contribution in [1.82, 2.24) is 9.97 Å². The Balaban J connectivity index is 0.000000184. The van der Waals surface area contributed by atoms with Crippen LogP contribution in [0.15, 0.2) is 40.8 Å². The predicted molar refractivity (Wildman–Crippen MR) is 69.4 cm³/mol. The molecule has 0 unspecified atom stereocenters. The minimum absolute atomic E-state index is 0.961. The molecule has 0 saturated carbocycles. The Bertz CT molecular complexity index is 477. The van der Waals surface area contributed by atoms with Crippen molar-refractivity contribution in [2.75, 3.05) is 0 Å². The summed E-state index contributed by atoms with van der Waals surface area (Å²) >= 11 is 4.34. The molecule has 0 amide bonds. The number of hydrogen-bond donors (Lipinski definition) is 0. The van der Waals surface area contributed by atoms with E-state index in [1.807, 2.05) is 32.0 Å². The van der Waals surface area contributed by atoms with Crippen LogP contribution in [-0.4, -0.2) is 9.97 Å². The first-order valence-electron chi connectivity index (χ1n) is 5.79. The van der Waals surface area contributed by atoms with Crippen LogP contribution in [0, 0.1) is 13.8 Å². The predicted octanol–water partition coefficient (Wildman–Crippen LogP) is 3.70. The fraction of sp³-hybridized carbons (Fsp3) is 0.286. The molecule has 0 aliphatic carbocycles. The molecule has 0 radical (unpaired) electrons. The first kappa shape index (κ1) is 14.7. The van der Waals surface area contributed by atoms with E-state index in [-0.39, 0.29) is 0 Å². The Morgan fingerprint density at radius 1 is 1.17 bits per heavy atom. The van der Waals surface area contributed by atoms with Gasteiger partial charge >= 0.3 is 68.2 Å². The van der Waals surface area contributed by atoms with E-state index in [1.54, 1.807) is 18.6 Å². The van der Waals surface area contributed by atoms with Crippen LogP contribution in [0.25, 0.3) is 0 Å². The SMILES string of the molecule is CCc1cnccn1.Cc1cccc(C)c1[N]=[Ni]. The van der Waals surface area contributed by atoms with E-state index in [0.717, 1.165) is 28.9 Å². The van der Waals surface area contributed by atoms with Crippen molar-refractivity contribution in [1.29, 1.82) is 0 Å². The Kier molecular flexibility index (Phi) is 6.37. The van der Waals surface area contributed by atoms with Gasteiger partial charge in [-0.1, -0.05) is 6.92 Å². The zero-order valence-electron chi connectivity index (χ0n) is 10.8. The van der Waals surface area contributed by atoms with E-state index in [1.165, 1.54) is 0 Å². The number of aryl methyl sites for hydroxylation is 3. The standard InChI is InChI=1S/C8H9N.C6H8N2.Ni/c1-6-4-3-5-7(2)8(6)9;1-2-6-5-7-3-4-8-6;/h3-5H,1-2H3;3-5H,2H2,1H3;. The molecule has 2 aromatic rings. The van der Waals surface area contributed by atoms with E-state index in [4.69, 9.17) is 0 Å². The molecule has 2 rings (SSSR count). The maximum absolute atomic E-state index is 4.34. The summed E-state index contributed by atoms with van der Waals surface area (Å²) in [6.07, 6.45) is 6.13. The fourth-order valence-corrected chi connectivity index (χ4v) is 1.78. The molecule has 0 fully saturated rings. The topological polar surface area (TPSA) is 38.1 Å². The van der Waals surface area contributed by atoms with Crippen LogP contribution in [0.4, 0.5) is 5.69 Å². The molecule has 4 heteroatoms. The molecule has 0 saturated heterocycles. The van der Waals surface area contributed by atoms with Crippen LogP contribution in [0.2, 0.25) is 0 Å². The molecule has 0 N–H and O–H groups in total. The summed E-state index contributed by atoms with van der Waals surface area (Å²) in [5, 5.41) is 0. The molecule has 98 valence electrons. The normalized spacial score (nSPS) is 9.39. The van der Waals surface area contributed by atoms with E-state index in [2.05, 4.69) is 36.2 Å². The van der Waals surface area contributed by atoms with Crippen molar-refractivity contribution in [2.45, 2.75) is 27.2 Å². The van der Waals surface area contributed by atoms with Gasteiger partial charge in [0.05, 0.1) is 5.69 Å². The van der Waals surface area contributed by atoms with Crippen molar-refractivity contribution in [3.8, 4) is 0 Å². The number of nitrogens with zero attached hydrogens (tertiary/aromatic N) is 3. The second-order valence-electron chi connectivity index (χ2n) is 3.86. The van der Waals surface area contributed by atoms with Crippen molar-refractivity contribution in [3.05, 3.63) is 53.6 Å². The number of hydrogen-bond acceptors (Lipinski definition) is 3. The molecule has 18 heavy (non-hydrogen) atoms. The van der Waals surface area contributed by atoms with Gasteiger partial charge in [0.15, 0.2) is 0 Å². The Morgan fingerprint density at radius 2 is 1.83 bits per heavy atom. The number of benzene rings is 1. The van der Waals surface area contributed by atoms with Crippen molar-refractivity contribution >= 4 is 5.69 Å². The zero-order valence-corrected chi connectivity index (χ0v) is 11.8. The van der Waals surface area contributed by atoms with E-state index in [9.17, 15) is 0 Å². The molecular weight excluding hydrogens is 269 g/mol. The van der Waals surface area contributed by atoms with Gasteiger partial charge in [0.1, 0.15) is 0 Å². The monoisotopic (exact) mass is 285 g/mol. The number of rotatable bonds is 2. The first-order chi connectivity index (χ1) is 8.69. The average molecular weight is 286 g/mol. The minimum atomic E-state index is 0.961. The van der Waals surface area contributed by atoms with Crippen LogP contribution in [0.5, 0.6) is 0 Å². The molecule has 0 aliphatic rings. The van der Waals surface area contributed by atoms with Gasteiger partial charge in [-0.3, -0.25) is 9.97 Å². The van der Waals surface area contributed by atoms with Gasteiger partial charge in [-0.25, -0.2) is 0 Å². The van der Waals surface area contributed by atoms with Crippen LogP contribution < -0.4 is 0 Å². The van der Waals surface area contributed by atoms with Crippen molar-refractivity contribution in [3.63, 3.8) is 0 Å². The Morgan fingerprint density at radius 3 is 2.17 bits per heavy atom. The maximum atomic E-state index is 4.34.